The molecule has 3 nitrogen and oxygen atoms in total. The summed E-state index contributed by atoms with van der Waals surface area (Å²) in [6.45, 7) is 2.25. The molecule has 0 spiro atoms. The average Bonchev–Trinajstić information content (AvgIpc) is 2.25. The van der Waals surface area contributed by atoms with Gasteiger partial charge in [-0.3, -0.25) is 0 Å². The number of halogens is 2. The molecule has 0 radical (unpaired) electrons. The second kappa shape index (κ2) is 5.43. The highest BCUT2D eigenvalue weighted by Crippen LogP contribution is 2.24. The number of rotatable bonds is 4. The summed E-state index contributed by atoms with van der Waals surface area (Å²) < 4.78 is 27.2. The van der Waals surface area contributed by atoms with Crippen LogP contribution in [-0.2, 0) is 4.79 Å². The first kappa shape index (κ1) is 13.2. The Hall–Kier alpha value is -1.91. The Labute approximate surface area is 98.0 Å². The lowest BCUT2D eigenvalue weighted by molar-refractivity contribution is -0.131. The van der Waals surface area contributed by atoms with Crippen molar-refractivity contribution >= 4 is 17.7 Å². The predicted molar refractivity (Wildman–Crippen MR) is 62.0 cm³/mol. The van der Waals surface area contributed by atoms with Gasteiger partial charge in [-0.15, -0.1) is 0 Å². The third-order valence-electron chi connectivity index (χ3n) is 2.31. The van der Waals surface area contributed by atoms with Crippen LogP contribution in [0.15, 0.2) is 18.2 Å². The Balaban J connectivity index is 3.13. The number of carboxylic acid groups (broad SMARTS) is 1. The minimum absolute atomic E-state index is 0.111. The van der Waals surface area contributed by atoms with Crippen molar-refractivity contribution in [2.75, 3.05) is 18.5 Å². The Morgan fingerprint density at radius 3 is 2.35 bits per heavy atom. The molecule has 1 rings (SSSR count). The van der Waals surface area contributed by atoms with Gasteiger partial charge in [-0.1, -0.05) is 0 Å². The summed E-state index contributed by atoms with van der Waals surface area (Å²) in [6.07, 6.45) is 1.97. The van der Waals surface area contributed by atoms with Gasteiger partial charge in [-0.2, -0.15) is 0 Å². The Morgan fingerprint density at radius 1 is 1.41 bits per heavy atom. The van der Waals surface area contributed by atoms with Gasteiger partial charge in [0.1, 0.15) is 17.3 Å². The maximum atomic E-state index is 13.6. The third kappa shape index (κ3) is 3.27. The Kier molecular flexibility index (Phi) is 4.20. The molecule has 0 amide bonds. The Morgan fingerprint density at radius 2 is 1.94 bits per heavy atom. The molecule has 1 N–H and O–H groups in total. The number of anilines is 1. The first-order valence-corrected chi connectivity index (χ1v) is 5.07. The molecular weight excluding hydrogens is 228 g/mol. The topological polar surface area (TPSA) is 40.5 Å². The molecule has 1 aromatic carbocycles. The lowest BCUT2D eigenvalue weighted by Crippen LogP contribution is -2.18. The van der Waals surface area contributed by atoms with Crippen LogP contribution in [0.25, 0.3) is 6.08 Å². The van der Waals surface area contributed by atoms with Gasteiger partial charge in [0.25, 0.3) is 0 Å². The van der Waals surface area contributed by atoms with Gasteiger partial charge in [-0.25, -0.2) is 13.6 Å². The van der Waals surface area contributed by atoms with Crippen LogP contribution >= 0.6 is 0 Å². The molecule has 0 unspecified atom stereocenters. The molecular formula is C12H13F2NO2. The van der Waals surface area contributed by atoms with E-state index < -0.39 is 17.6 Å². The fourth-order valence-corrected chi connectivity index (χ4v) is 1.37. The van der Waals surface area contributed by atoms with Crippen molar-refractivity contribution in [2.24, 2.45) is 0 Å². The van der Waals surface area contributed by atoms with Crippen molar-refractivity contribution in [3.8, 4) is 0 Å². The second-order valence-corrected chi connectivity index (χ2v) is 3.52. The number of carbonyl (C=O) groups is 1. The van der Waals surface area contributed by atoms with E-state index >= 15 is 0 Å². The van der Waals surface area contributed by atoms with Crippen LogP contribution in [0.4, 0.5) is 14.5 Å². The molecule has 0 heterocycles. The van der Waals surface area contributed by atoms with Crippen molar-refractivity contribution in [1.29, 1.82) is 0 Å². The van der Waals surface area contributed by atoms with Crippen LogP contribution in [0.3, 0.4) is 0 Å². The first-order valence-electron chi connectivity index (χ1n) is 5.07. The summed E-state index contributed by atoms with van der Waals surface area (Å²) >= 11 is 0. The number of aliphatic carboxylic acids is 1. The standard InChI is InChI=1S/C12H13F2NO2/c1-3-15(2)12-9(13)6-8(7-10(12)14)4-5-11(16)17/h4-7H,3H2,1-2H3,(H,16,17). The van der Waals surface area contributed by atoms with Crippen molar-refractivity contribution < 1.29 is 18.7 Å². The molecule has 17 heavy (non-hydrogen) atoms. The van der Waals surface area contributed by atoms with Gasteiger partial charge < -0.3 is 10.0 Å². The van der Waals surface area contributed by atoms with Crippen LogP contribution in [0.5, 0.6) is 0 Å². The lowest BCUT2D eigenvalue weighted by Gasteiger charge is -2.18. The van der Waals surface area contributed by atoms with Crippen LogP contribution in [-0.4, -0.2) is 24.7 Å². The molecule has 92 valence electrons. The van der Waals surface area contributed by atoms with E-state index in [1.807, 2.05) is 0 Å². The van der Waals surface area contributed by atoms with Gasteiger partial charge in [0.2, 0.25) is 0 Å². The molecule has 0 aliphatic heterocycles. The smallest absolute Gasteiger partial charge is 0.328 e. The maximum absolute atomic E-state index is 13.6. The molecule has 0 saturated carbocycles. The van der Waals surface area contributed by atoms with E-state index in [0.717, 1.165) is 24.3 Å². The molecule has 0 aliphatic carbocycles. The summed E-state index contributed by atoms with van der Waals surface area (Å²) in [5.74, 6) is -2.58. The average molecular weight is 241 g/mol. The predicted octanol–water partition coefficient (Wildman–Crippen LogP) is 2.52. The lowest BCUT2D eigenvalue weighted by atomic mass is 10.1. The van der Waals surface area contributed by atoms with Gasteiger partial charge in [0, 0.05) is 19.7 Å². The molecule has 0 aromatic heterocycles. The van der Waals surface area contributed by atoms with E-state index in [1.165, 1.54) is 4.90 Å². The highest BCUT2D eigenvalue weighted by atomic mass is 19.1. The number of hydrogen-bond acceptors (Lipinski definition) is 2. The molecule has 0 atom stereocenters. The summed E-state index contributed by atoms with van der Waals surface area (Å²) in [5, 5.41) is 8.41. The van der Waals surface area contributed by atoms with Gasteiger partial charge in [0.15, 0.2) is 0 Å². The fraction of sp³-hybridized carbons (Fsp3) is 0.250. The summed E-state index contributed by atoms with van der Waals surface area (Å²) in [6, 6.07) is 2.20. The molecule has 0 bridgehead atoms. The van der Waals surface area contributed by atoms with E-state index in [9.17, 15) is 13.6 Å². The molecule has 1 aromatic rings. The maximum Gasteiger partial charge on any atom is 0.328 e. The largest absolute Gasteiger partial charge is 0.478 e. The molecule has 0 saturated heterocycles. The Bertz CT molecular complexity index is 435. The van der Waals surface area contributed by atoms with Gasteiger partial charge >= 0.3 is 5.97 Å². The minimum Gasteiger partial charge on any atom is -0.478 e. The van der Waals surface area contributed by atoms with Crippen molar-refractivity contribution in [3.63, 3.8) is 0 Å². The van der Waals surface area contributed by atoms with E-state index in [-0.39, 0.29) is 11.3 Å². The normalized spacial score (nSPS) is 10.8. The molecule has 5 heteroatoms. The zero-order valence-corrected chi connectivity index (χ0v) is 9.58. The van der Waals surface area contributed by atoms with Crippen molar-refractivity contribution in [2.45, 2.75) is 6.92 Å². The quantitative estimate of drug-likeness (QED) is 0.823. The van der Waals surface area contributed by atoms with Crippen molar-refractivity contribution in [3.05, 3.63) is 35.4 Å². The summed E-state index contributed by atoms with van der Waals surface area (Å²) in [5.41, 5.74) is 0.0654. The first-order chi connectivity index (χ1) is 7.95. The van der Waals surface area contributed by atoms with Gasteiger partial charge in [0.05, 0.1) is 0 Å². The monoisotopic (exact) mass is 241 g/mol. The van der Waals surface area contributed by atoms with E-state index in [2.05, 4.69) is 0 Å². The van der Waals surface area contributed by atoms with Crippen LogP contribution in [0, 0.1) is 11.6 Å². The number of benzene rings is 1. The summed E-state index contributed by atoms with van der Waals surface area (Å²) in [4.78, 5) is 11.7. The van der Waals surface area contributed by atoms with Crippen LogP contribution in [0.1, 0.15) is 12.5 Å². The molecule has 0 fully saturated rings. The fourth-order valence-electron chi connectivity index (χ4n) is 1.37. The highest BCUT2D eigenvalue weighted by Gasteiger charge is 2.13. The summed E-state index contributed by atoms with van der Waals surface area (Å²) in [7, 11) is 1.58. The van der Waals surface area contributed by atoms with Crippen LogP contribution < -0.4 is 4.90 Å². The van der Waals surface area contributed by atoms with E-state index in [4.69, 9.17) is 5.11 Å². The third-order valence-corrected chi connectivity index (χ3v) is 2.31. The van der Waals surface area contributed by atoms with Crippen LogP contribution in [0.2, 0.25) is 0 Å². The van der Waals surface area contributed by atoms with E-state index in [0.29, 0.717) is 6.54 Å². The minimum atomic E-state index is -1.17. The number of hydrogen-bond donors (Lipinski definition) is 1. The SMILES string of the molecule is CCN(C)c1c(F)cc(C=CC(=O)O)cc1F. The number of nitrogens with zero attached hydrogens (tertiary/aromatic N) is 1. The second-order valence-electron chi connectivity index (χ2n) is 3.52. The highest BCUT2D eigenvalue weighted by molar-refractivity contribution is 5.85. The van der Waals surface area contributed by atoms with Gasteiger partial charge in [-0.05, 0) is 30.7 Å². The zero-order valence-electron chi connectivity index (χ0n) is 9.58. The van der Waals surface area contributed by atoms with E-state index in [1.54, 1.807) is 14.0 Å². The number of carboxylic acids is 1. The zero-order chi connectivity index (χ0) is 13.0. The van der Waals surface area contributed by atoms with Crippen molar-refractivity contribution in [1.82, 2.24) is 0 Å². The molecule has 0 aliphatic rings.